The minimum absolute atomic E-state index is 1.17. The molecule has 1 aliphatic rings. The summed E-state index contributed by atoms with van der Waals surface area (Å²) in [6, 6.07) is 60.2. The summed E-state index contributed by atoms with van der Waals surface area (Å²) in [4.78, 5) is 2.65. The number of nitrogens with zero attached hydrogens (tertiary/aromatic N) is 1. The Balaban J connectivity index is 1.18. The van der Waals surface area contributed by atoms with Crippen molar-refractivity contribution in [1.29, 1.82) is 0 Å². The molecule has 214 valence electrons. The second kappa shape index (κ2) is 9.97. The molecule has 0 saturated heterocycles. The molecular weight excluding hydrogens is 575 g/mol. The van der Waals surface area contributed by atoms with Crippen molar-refractivity contribution in [3.05, 3.63) is 164 Å². The van der Waals surface area contributed by atoms with Crippen LogP contribution in [0.4, 0.5) is 0 Å². The number of hydrogen-bond donors (Lipinski definition) is 0. The number of fused-ring (bicyclic) bond motifs is 7. The van der Waals surface area contributed by atoms with E-state index < -0.39 is 0 Å². The van der Waals surface area contributed by atoms with Crippen molar-refractivity contribution in [3.63, 3.8) is 0 Å². The third-order valence-electron chi connectivity index (χ3n) is 9.59. The van der Waals surface area contributed by atoms with Crippen LogP contribution in [0, 0.1) is 0 Å². The number of rotatable bonds is 3. The average Bonchev–Trinajstić information content (AvgIpc) is 3.47. The Morgan fingerprint density at radius 2 is 1.09 bits per heavy atom. The Bertz CT molecular complexity index is 2680. The Hall–Kier alpha value is -5.57. The molecule has 0 atom stereocenters. The molecule has 2 heterocycles. The fourth-order valence-electron chi connectivity index (χ4n) is 7.61. The van der Waals surface area contributed by atoms with Crippen LogP contribution in [0.25, 0.3) is 82.4 Å². The van der Waals surface area contributed by atoms with E-state index in [9.17, 15) is 0 Å². The molecule has 0 saturated carbocycles. The Morgan fingerprint density at radius 1 is 0.370 bits per heavy atom. The maximum Gasteiger partial charge on any atom is 0.0547 e. The maximum atomic E-state index is 2.43. The van der Waals surface area contributed by atoms with Gasteiger partial charge in [0.15, 0.2) is 0 Å². The van der Waals surface area contributed by atoms with E-state index in [4.69, 9.17) is 0 Å². The van der Waals surface area contributed by atoms with E-state index in [0.29, 0.717) is 0 Å². The van der Waals surface area contributed by atoms with Crippen molar-refractivity contribution in [1.82, 2.24) is 4.57 Å². The summed E-state index contributed by atoms with van der Waals surface area (Å²) in [5.41, 5.74) is 11.2. The van der Waals surface area contributed by atoms with Gasteiger partial charge in [-0.25, -0.2) is 0 Å². The van der Waals surface area contributed by atoms with Crippen LogP contribution < -0.4 is 0 Å². The summed E-state index contributed by atoms with van der Waals surface area (Å²) >= 11 is 1.88. The fraction of sp³-hybridized carbons (Fsp3) is 0. The summed E-state index contributed by atoms with van der Waals surface area (Å²) in [6.45, 7) is 0. The molecule has 1 aromatic heterocycles. The van der Waals surface area contributed by atoms with Crippen LogP contribution in [0.2, 0.25) is 0 Å². The van der Waals surface area contributed by atoms with Crippen molar-refractivity contribution in [2.75, 3.05) is 0 Å². The number of hydrogen-bond acceptors (Lipinski definition) is 1. The van der Waals surface area contributed by atoms with Crippen LogP contribution in [-0.4, -0.2) is 4.57 Å². The van der Waals surface area contributed by atoms with Gasteiger partial charge in [0.25, 0.3) is 0 Å². The molecule has 0 bridgehead atoms. The van der Waals surface area contributed by atoms with Crippen LogP contribution in [0.15, 0.2) is 174 Å². The lowest BCUT2D eigenvalue weighted by Crippen LogP contribution is -1.96. The summed E-state index contributed by atoms with van der Waals surface area (Å²) < 4.78 is 2.43. The Kier molecular flexibility index (Phi) is 5.58. The fourth-order valence-corrected chi connectivity index (χ4v) is 8.74. The van der Waals surface area contributed by atoms with Crippen LogP contribution in [0.3, 0.4) is 0 Å². The van der Waals surface area contributed by atoms with Gasteiger partial charge in [-0.05, 0) is 85.9 Å². The van der Waals surface area contributed by atoms with Gasteiger partial charge >= 0.3 is 0 Å². The highest BCUT2D eigenvalue weighted by molar-refractivity contribution is 7.99. The van der Waals surface area contributed by atoms with Gasteiger partial charge in [0.05, 0.1) is 11.0 Å². The molecule has 1 nitrogen and oxygen atoms in total. The number of aromatic nitrogens is 1. The lowest BCUT2D eigenvalue weighted by molar-refractivity contribution is 1.18. The smallest absolute Gasteiger partial charge is 0.0547 e. The van der Waals surface area contributed by atoms with Crippen molar-refractivity contribution < 1.29 is 0 Å². The largest absolute Gasteiger partial charge is 0.309 e. The topological polar surface area (TPSA) is 4.93 Å². The maximum absolute atomic E-state index is 2.43. The quantitative estimate of drug-likeness (QED) is 0.195. The first-order valence-electron chi connectivity index (χ1n) is 15.8. The SMILES string of the molecule is c1cc(-c2ccccc2-c2ccc3c4c(cccc24)-c2ccccc2S3)cc(-n2c3ccccc3c3c4ccccc4ccc32)c1. The molecule has 0 N–H and O–H groups in total. The van der Waals surface area contributed by atoms with E-state index >= 15 is 0 Å². The van der Waals surface area contributed by atoms with Gasteiger partial charge in [-0.15, -0.1) is 0 Å². The van der Waals surface area contributed by atoms with Crippen LogP contribution in [0.1, 0.15) is 0 Å². The van der Waals surface area contributed by atoms with Gasteiger partial charge in [0.1, 0.15) is 0 Å². The molecule has 0 aliphatic carbocycles. The van der Waals surface area contributed by atoms with E-state index in [1.807, 2.05) is 11.8 Å². The van der Waals surface area contributed by atoms with E-state index in [2.05, 4.69) is 168 Å². The van der Waals surface area contributed by atoms with Gasteiger partial charge in [-0.3, -0.25) is 0 Å². The van der Waals surface area contributed by atoms with Crippen molar-refractivity contribution in [2.24, 2.45) is 0 Å². The van der Waals surface area contributed by atoms with E-state index in [-0.39, 0.29) is 0 Å². The first-order valence-corrected chi connectivity index (χ1v) is 16.6. The summed E-state index contributed by atoms with van der Waals surface area (Å²) in [6.07, 6.45) is 0. The van der Waals surface area contributed by atoms with Crippen LogP contribution in [0.5, 0.6) is 0 Å². The predicted octanol–water partition coefficient (Wildman–Crippen LogP) is 12.6. The zero-order chi connectivity index (χ0) is 30.2. The number of benzene rings is 8. The highest BCUT2D eigenvalue weighted by Gasteiger charge is 2.21. The molecule has 0 spiro atoms. The molecular formula is C44H27NS. The molecule has 0 radical (unpaired) electrons. The molecule has 2 heteroatoms. The standard InChI is InChI=1S/C44H27NS/c1-2-15-32-28(11-1)23-25-40-43(32)38-18-5-7-21-39(38)45(40)30-13-9-12-29(27-30)31-14-3-4-16-33(31)34-24-26-42-44-36(34)19-10-20-37(44)35-17-6-8-22-41(35)46-42/h1-27H. The minimum atomic E-state index is 1.17. The molecule has 1 aliphatic heterocycles. The zero-order valence-corrected chi connectivity index (χ0v) is 25.8. The second-order valence-electron chi connectivity index (χ2n) is 12.1. The molecule has 10 rings (SSSR count). The van der Waals surface area contributed by atoms with Gasteiger partial charge in [-0.1, -0.05) is 139 Å². The number of para-hydroxylation sites is 1. The minimum Gasteiger partial charge on any atom is -0.309 e. The van der Waals surface area contributed by atoms with E-state index in [1.54, 1.807) is 0 Å². The third kappa shape index (κ3) is 3.71. The van der Waals surface area contributed by atoms with Crippen LogP contribution in [-0.2, 0) is 0 Å². The lowest BCUT2D eigenvalue weighted by atomic mass is 9.89. The molecule has 8 aromatic carbocycles. The summed E-state index contributed by atoms with van der Waals surface area (Å²) in [5, 5.41) is 7.80. The lowest BCUT2D eigenvalue weighted by Gasteiger charge is -2.22. The first-order chi connectivity index (χ1) is 22.8. The van der Waals surface area contributed by atoms with Gasteiger partial charge in [-0.2, -0.15) is 0 Å². The highest BCUT2D eigenvalue weighted by atomic mass is 32.2. The van der Waals surface area contributed by atoms with Gasteiger partial charge in [0.2, 0.25) is 0 Å². The monoisotopic (exact) mass is 601 g/mol. The first kappa shape index (κ1) is 25.7. The summed E-state index contributed by atoms with van der Waals surface area (Å²) in [5.74, 6) is 0. The van der Waals surface area contributed by atoms with Gasteiger partial charge in [0, 0.05) is 31.6 Å². The molecule has 0 amide bonds. The molecule has 46 heavy (non-hydrogen) atoms. The molecule has 0 unspecified atom stereocenters. The highest BCUT2D eigenvalue weighted by Crippen LogP contribution is 2.50. The molecule has 0 fully saturated rings. The third-order valence-corrected chi connectivity index (χ3v) is 10.7. The summed E-state index contributed by atoms with van der Waals surface area (Å²) in [7, 11) is 0. The Morgan fingerprint density at radius 3 is 2.02 bits per heavy atom. The van der Waals surface area contributed by atoms with Crippen LogP contribution >= 0.6 is 11.8 Å². The average molecular weight is 602 g/mol. The van der Waals surface area contributed by atoms with Crippen molar-refractivity contribution in [3.8, 4) is 39.1 Å². The molecule has 9 aromatic rings. The van der Waals surface area contributed by atoms with E-state index in [0.717, 1.165) is 0 Å². The zero-order valence-electron chi connectivity index (χ0n) is 24.9. The van der Waals surface area contributed by atoms with Gasteiger partial charge < -0.3 is 4.57 Å². The Labute approximate surface area is 271 Å². The van der Waals surface area contributed by atoms with Crippen molar-refractivity contribution >= 4 is 55.1 Å². The van der Waals surface area contributed by atoms with E-state index in [1.165, 1.54) is 92.2 Å². The second-order valence-corrected chi connectivity index (χ2v) is 13.2. The van der Waals surface area contributed by atoms with Crippen molar-refractivity contribution in [2.45, 2.75) is 9.79 Å². The predicted molar refractivity (Wildman–Crippen MR) is 196 cm³/mol. The normalized spacial score (nSPS) is 12.3.